The molecule has 0 radical (unpaired) electrons. The van der Waals surface area contributed by atoms with E-state index in [-0.39, 0.29) is 0 Å². The summed E-state index contributed by atoms with van der Waals surface area (Å²) in [6.07, 6.45) is 0.392. The van der Waals surface area contributed by atoms with Crippen molar-refractivity contribution >= 4 is 5.97 Å². The Labute approximate surface area is 129 Å². The van der Waals surface area contributed by atoms with Gasteiger partial charge in [0.25, 0.3) is 0 Å². The summed E-state index contributed by atoms with van der Waals surface area (Å²) >= 11 is 0. The average Bonchev–Trinajstić information content (AvgIpc) is 2.55. The smallest absolute Gasteiger partial charge is 0.314 e. The highest BCUT2D eigenvalue weighted by molar-refractivity contribution is 5.81. The minimum atomic E-state index is -0.981. The summed E-state index contributed by atoms with van der Waals surface area (Å²) in [5.41, 5.74) is 0.723. The zero-order valence-electron chi connectivity index (χ0n) is 12.4. The SMILES string of the molecule is CC(Cc1ccc2c(c1)OCCO2)(C(=O)O)c1ccccc1. The highest BCUT2D eigenvalue weighted by atomic mass is 16.6. The molecule has 22 heavy (non-hydrogen) atoms. The maximum atomic E-state index is 11.9. The molecular formula is C18H18O4. The van der Waals surface area contributed by atoms with Crippen molar-refractivity contribution in [2.75, 3.05) is 13.2 Å². The van der Waals surface area contributed by atoms with Crippen LogP contribution in [0.4, 0.5) is 0 Å². The van der Waals surface area contributed by atoms with Gasteiger partial charge in [-0.25, -0.2) is 0 Å². The lowest BCUT2D eigenvalue weighted by molar-refractivity contribution is -0.143. The van der Waals surface area contributed by atoms with Crippen molar-refractivity contribution in [3.8, 4) is 11.5 Å². The Bertz CT molecular complexity index is 681. The molecule has 114 valence electrons. The minimum Gasteiger partial charge on any atom is -0.486 e. The van der Waals surface area contributed by atoms with E-state index in [1.165, 1.54) is 0 Å². The van der Waals surface area contributed by atoms with Crippen molar-refractivity contribution in [3.63, 3.8) is 0 Å². The fraction of sp³-hybridized carbons (Fsp3) is 0.278. The number of hydrogen-bond acceptors (Lipinski definition) is 3. The van der Waals surface area contributed by atoms with Crippen LogP contribution >= 0.6 is 0 Å². The predicted molar refractivity (Wildman–Crippen MR) is 82.6 cm³/mol. The zero-order chi connectivity index (χ0) is 15.6. The van der Waals surface area contributed by atoms with E-state index in [0.29, 0.717) is 31.1 Å². The monoisotopic (exact) mass is 298 g/mol. The van der Waals surface area contributed by atoms with Crippen molar-refractivity contribution < 1.29 is 19.4 Å². The highest BCUT2D eigenvalue weighted by Gasteiger charge is 2.35. The van der Waals surface area contributed by atoms with Gasteiger partial charge in [-0.2, -0.15) is 0 Å². The number of carboxylic acids is 1. The van der Waals surface area contributed by atoms with E-state index >= 15 is 0 Å². The van der Waals surface area contributed by atoms with Gasteiger partial charge < -0.3 is 14.6 Å². The van der Waals surface area contributed by atoms with E-state index in [9.17, 15) is 9.90 Å². The van der Waals surface area contributed by atoms with Crippen LogP contribution in [0.25, 0.3) is 0 Å². The highest BCUT2D eigenvalue weighted by Crippen LogP contribution is 2.34. The summed E-state index contributed by atoms with van der Waals surface area (Å²) in [7, 11) is 0. The zero-order valence-corrected chi connectivity index (χ0v) is 12.4. The van der Waals surface area contributed by atoms with Crippen LogP contribution in [0.1, 0.15) is 18.1 Å². The normalized spacial score (nSPS) is 15.9. The Balaban J connectivity index is 1.93. The van der Waals surface area contributed by atoms with Crippen molar-refractivity contribution in [2.45, 2.75) is 18.8 Å². The molecule has 0 saturated heterocycles. The molecule has 1 aliphatic heterocycles. The van der Waals surface area contributed by atoms with Gasteiger partial charge in [0.2, 0.25) is 0 Å². The van der Waals surface area contributed by atoms with Crippen LogP contribution in [-0.4, -0.2) is 24.3 Å². The van der Waals surface area contributed by atoms with Crippen LogP contribution in [0.2, 0.25) is 0 Å². The Morgan fingerprint density at radius 2 is 1.77 bits per heavy atom. The molecule has 0 aliphatic carbocycles. The van der Waals surface area contributed by atoms with E-state index in [1.54, 1.807) is 6.92 Å². The second-order valence-corrected chi connectivity index (χ2v) is 5.66. The molecule has 2 aromatic carbocycles. The number of benzene rings is 2. The van der Waals surface area contributed by atoms with Crippen molar-refractivity contribution in [2.24, 2.45) is 0 Å². The van der Waals surface area contributed by atoms with E-state index in [0.717, 1.165) is 11.1 Å². The summed E-state index contributed by atoms with van der Waals surface area (Å²) in [4.78, 5) is 11.9. The first kappa shape index (κ1) is 14.4. The third-order valence-corrected chi connectivity index (χ3v) is 4.05. The van der Waals surface area contributed by atoms with Crippen molar-refractivity contribution in [1.82, 2.24) is 0 Å². The third kappa shape index (κ3) is 2.64. The quantitative estimate of drug-likeness (QED) is 0.942. The molecule has 0 aromatic heterocycles. The number of hydrogen-bond donors (Lipinski definition) is 1. The minimum absolute atomic E-state index is 0.392. The average molecular weight is 298 g/mol. The second-order valence-electron chi connectivity index (χ2n) is 5.66. The number of ether oxygens (including phenoxy) is 2. The molecule has 3 rings (SSSR count). The molecule has 4 heteroatoms. The van der Waals surface area contributed by atoms with Gasteiger partial charge in [-0.3, -0.25) is 4.79 Å². The molecular weight excluding hydrogens is 280 g/mol. The largest absolute Gasteiger partial charge is 0.486 e. The maximum Gasteiger partial charge on any atom is 0.314 e. The summed E-state index contributed by atoms with van der Waals surface area (Å²) in [6.45, 7) is 2.82. The number of fused-ring (bicyclic) bond motifs is 1. The molecule has 0 saturated carbocycles. The van der Waals surface area contributed by atoms with Crippen LogP contribution in [0.5, 0.6) is 11.5 Å². The summed E-state index contributed by atoms with van der Waals surface area (Å²) in [6, 6.07) is 14.9. The standard InChI is InChI=1S/C18H18O4/c1-18(17(19)20,14-5-3-2-4-6-14)12-13-7-8-15-16(11-13)22-10-9-21-15/h2-8,11H,9-10,12H2,1H3,(H,19,20). The fourth-order valence-electron chi connectivity index (χ4n) is 2.71. The summed E-state index contributed by atoms with van der Waals surface area (Å²) in [5.74, 6) is 0.560. The topological polar surface area (TPSA) is 55.8 Å². The third-order valence-electron chi connectivity index (χ3n) is 4.05. The van der Waals surface area contributed by atoms with Gasteiger partial charge in [0.1, 0.15) is 13.2 Å². The fourth-order valence-corrected chi connectivity index (χ4v) is 2.71. The van der Waals surface area contributed by atoms with Gasteiger partial charge in [0, 0.05) is 0 Å². The van der Waals surface area contributed by atoms with E-state index in [2.05, 4.69) is 0 Å². The molecule has 4 nitrogen and oxygen atoms in total. The van der Waals surface area contributed by atoms with Gasteiger partial charge in [0.15, 0.2) is 11.5 Å². The van der Waals surface area contributed by atoms with Crippen LogP contribution in [0, 0.1) is 0 Å². The Morgan fingerprint density at radius 1 is 1.09 bits per heavy atom. The van der Waals surface area contributed by atoms with Crippen LogP contribution < -0.4 is 9.47 Å². The Hall–Kier alpha value is -2.49. The molecule has 1 N–H and O–H groups in total. The van der Waals surface area contributed by atoms with Gasteiger partial charge in [-0.15, -0.1) is 0 Å². The number of carboxylic acid groups (broad SMARTS) is 1. The number of carbonyl (C=O) groups is 1. The lowest BCUT2D eigenvalue weighted by atomic mass is 9.77. The summed E-state index contributed by atoms with van der Waals surface area (Å²) in [5, 5.41) is 9.73. The van der Waals surface area contributed by atoms with Crippen LogP contribution in [-0.2, 0) is 16.6 Å². The van der Waals surface area contributed by atoms with Crippen molar-refractivity contribution in [3.05, 3.63) is 59.7 Å². The lowest BCUT2D eigenvalue weighted by Crippen LogP contribution is -2.34. The molecule has 0 bridgehead atoms. The molecule has 1 unspecified atom stereocenters. The van der Waals surface area contributed by atoms with E-state index < -0.39 is 11.4 Å². The summed E-state index contributed by atoms with van der Waals surface area (Å²) < 4.78 is 11.1. The van der Waals surface area contributed by atoms with E-state index in [1.807, 2.05) is 48.5 Å². The number of rotatable bonds is 4. The van der Waals surface area contributed by atoms with Crippen LogP contribution in [0.15, 0.2) is 48.5 Å². The van der Waals surface area contributed by atoms with Gasteiger partial charge in [0.05, 0.1) is 5.41 Å². The van der Waals surface area contributed by atoms with E-state index in [4.69, 9.17) is 9.47 Å². The number of aliphatic carboxylic acids is 1. The predicted octanol–water partition coefficient (Wildman–Crippen LogP) is 3.04. The second kappa shape index (κ2) is 5.72. The first-order valence-corrected chi connectivity index (χ1v) is 7.27. The molecule has 2 aromatic rings. The lowest BCUT2D eigenvalue weighted by Gasteiger charge is -2.26. The van der Waals surface area contributed by atoms with Crippen molar-refractivity contribution in [1.29, 1.82) is 0 Å². The molecule has 1 atom stereocenters. The Kier molecular flexibility index (Phi) is 3.75. The van der Waals surface area contributed by atoms with Gasteiger partial charge in [-0.05, 0) is 36.6 Å². The first-order chi connectivity index (χ1) is 10.6. The molecule has 1 heterocycles. The maximum absolute atomic E-state index is 11.9. The van der Waals surface area contributed by atoms with Gasteiger partial charge in [-0.1, -0.05) is 36.4 Å². The first-order valence-electron chi connectivity index (χ1n) is 7.27. The Morgan fingerprint density at radius 3 is 2.45 bits per heavy atom. The molecule has 0 spiro atoms. The molecule has 0 amide bonds. The molecule has 1 aliphatic rings. The van der Waals surface area contributed by atoms with Crippen LogP contribution in [0.3, 0.4) is 0 Å². The molecule has 0 fully saturated rings. The van der Waals surface area contributed by atoms with Gasteiger partial charge >= 0.3 is 5.97 Å².